The Balaban J connectivity index is 1.86. The van der Waals surface area contributed by atoms with Crippen LogP contribution in [0.25, 0.3) is 0 Å². The van der Waals surface area contributed by atoms with E-state index in [1.54, 1.807) is 18.0 Å². The van der Waals surface area contributed by atoms with Crippen LogP contribution in [0.3, 0.4) is 0 Å². The minimum Gasteiger partial charge on any atom is -0.388 e. The Hall–Kier alpha value is -1.46. The molecule has 5 heteroatoms. The smallest absolute Gasteiger partial charge is 0.233 e. The summed E-state index contributed by atoms with van der Waals surface area (Å²) in [5, 5.41) is 10.6. The monoisotopic (exact) mass is 335 g/mol. The number of benzene rings is 1. The van der Waals surface area contributed by atoms with Gasteiger partial charge in [0, 0.05) is 26.8 Å². The molecule has 0 radical (unpaired) electrons. The SMILES string of the molecule is CN(CC1(O)CCCC1)C(=O)C1(c2cccc(F)c2)CCOCC1. The van der Waals surface area contributed by atoms with Crippen LogP contribution in [0.1, 0.15) is 44.1 Å². The van der Waals surface area contributed by atoms with Gasteiger partial charge in [-0.15, -0.1) is 0 Å². The first-order valence-electron chi connectivity index (χ1n) is 8.77. The Kier molecular flexibility index (Phi) is 4.92. The fourth-order valence-electron chi connectivity index (χ4n) is 4.20. The molecule has 1 aromatic carbocycles. The second-order valence-electron chi connectivity index (χ2n) is 7.30. The summed E-state index contributed by atoms with van der Waals surface area (Å²) in [7, 11) is 1.75. The number of nitrogens with zero attached hydrogens (tertiary/aromatic N) is 1. The highest BCUT2D eigenvalue weighted by Gasteiger charge is 2.45. The van der Waals surface area contributed by atoms with Crippen molar-refractivity contribution in [2.24, 2.45) is 0 Å². The normalized spacial score (nSPS) is 22.3. The molecule has 1 saturated heterocycles. The number of rotatable bonds is 4. The van der Waals surface area contributed by atoms with Gasteiger partial charge in [0.15, 0.2) is 0 Å². The molecule has 24 heavy (non-hydrogen) atoms. The first-order valence-corrected chi connectivity index (χ1v) is 8.77. The molecular formula is C19H26FNO3. The number of carbonyl (C=O) groups is 1. The van der Waals surface area contributed by atoms with E-state index in [2.05, 4.69) is 0 Å². The Morgan fingerprint density at radius 1 is 1.25 bits per heavy atom. The molecule has 1 aromatic rings. The van der Waals surface area contributed by atoms with Crippen LogP contribution in [0.4, 0.5) is 4.39 Å². The van der Waals surface area contributed by atoms with Gasteiger partial charge in [-0.05, 0) is 43.4 Å². The second-order valence-corrected chi connectivity index (χ2v) is 7.30. The fourth-order valence-corrected chi connectivity index (χ4v) is 4.20. The Labute approximate surface area is 142 Å². The van der Waals surface area contributed by atoms with E-state index < -0.39 is 11.0 Å². The van der Waals surface area contributed by atoms with Crippen LogP contribution < -0.4 is 0 Å². The van der Waals surface area contributed by atoms with Gasteiger partial charge < -0.3 is 14.7 Å². The fraction of sp³-hybridized carbons (Fsp3) is 0.632. The number of halogens is 1. The molecule has 0 unspecified atom stereocenters. The maximum atomic E-state index is 13.7. The molecule has 1 heterocycles. The van der Waals surface area contributed by atoms with E-state index in [4.69, 9.17) is 4.74 Å². The molecule has 0 bridgehead atoms. The highest BCUT2D eigenvalue weighted by Crippen LogP contribution is 2.38. The zero-order valence-corrected chi connectivity index (χ0v) is 14.3. The lowest BCUT2D eigenvalue weighted by molar-refractivity contribution is -0.143. The summed E-state index contributed by atoms with van der Waals surface area (Å²) in [5.74, 6) is -0.375. The second kappa shape index (κ2) is 6.81. The predicted octanol–water partition coefficient (Wildman–Crippen LogP) is 2.64. The van der Waals surface area contributed by atoms with E-state index in [0.29, 0.717) is 38.2 Å². The molecule has 2 fully saturated rings. The van der Waals surface area contributed by atoms with Crippen LogP contribution in [-0.2, 0) is 14.9 Å². The number of amides is 1. The number of ether oxygens (including phenoxy) is 1. The van der Waals surface area contributed by atoms with Gasteiger partial charge in [-0.1, -0.05) is 25.0 Å². The third kappa shape index (κ3) is 3.33. The first kappa shape index (κ1) is 17.4. The van der Waals surface area contributed by atoms with E-state index in [1.165, 1.54) is 12.1 Å². The largest absolute Gasteiger partial charge is 0.388 e. The van der Waals surface area contributed by atoms with Crippen molar-refractivity contribution in [2.45, 2.75) is 49.5 Å². The minimum atomic E-state index is -0.779. The predicted molar refractivity (Wildman–Crippen MR) is 89.2 cm³/mol. The highest BCUT2D eigenvalue weighted by atomic mass is 19.1. The maximum Gasteiger partial charge on any atom is 0.233 e. The maximum absolute atomic E-state index is 13.7. The quantitative estimate of drug-likeness (QED) is 0.920. The molecule has 1 aliphatic heterocycles. The summed E-state index contributed by atoms with van der Waals surface area (Å²) >= 11 is 0. The molecule has 2 aliphatic rings. The van der Waals surface area contributed by atoms with Gasteiger partial charge in [0.2, 0.25) is 5.91 Å². The first-order chi connectivity index (χ1) is 11.5. The molecule has 0 spiro atoms. The molecule has 132 valence electrons. The zero-order valence-electron chi connectivity index (χ0n) is 14.3. The number of carbonyl (C=O) groups excluding carboxylic acids is 1. The number of aliphatic hydroxyl groups is 1. The van der Waals surface area contributed by atoms with Crippen molar-refractivity contribution in [3.05, 3.63) is 35.6 Å². The summed E-state index contributed by atoms with van der Waals surface area (Å²) in [6, 6.07) is 6.33. The van der Waals surface area contributed by atoms with Crippen LogP contribution in [0.5, 0.6) is 0 Å². The molecule has 0 atom stereocenters. The average Bonchev–Trinajstić information content (AvgIpc) is 3.01. The van der Waals surface area contributed by atoms with Gasteiger partial charge in [-0.2, -0.15) is 0 Å². The van der Waals surface area contributed by atoms with Gasteiger partial charge in [0.1, 0.15) is 5.82 Å². The molecule has 0 aromatic heterocycles. The topological polar surface area (TPSA) is 49.8 Å². The molecule has 1 aliphatic carbocycles. The third-order valence-corrected chi connectivity index (χ3v) is 5.55. The number of hydrogen-bond donors (Lipinski definition) is 1. The molecule has 3 rings (SSSR count). The summed E-state index contributed by atoms with van der Waals surface area (Å²) in [4.78, 5) is 14.9. The van der Waals surface area contributed by atoms with E-state index >= 15 is 0 Å². The van der Waals surface area contributed by atoms with Gasteiger partial charge in [0.25, 0.3) is 0 Å². The van der Waals surface area contributed by atoms with Gasteiger partial charge in [0.05, 0.1) is 11.0 Å². The average molecular weight is 335 g/mol. The Morgan fingerprint density at radius 3 is 2.54 bits per heavy atom. The number of hydrogen-bond acceptors (Lipinski definition) is 3. The lowest BCUT2D eigenvalue weighted by Crippen LogP contribution is -2.52. The lowest BCUT2D eigenvalue weighted by Gasteiger charge is -2.40. The van der Waals surface area contributed by atoms with Crippen molar-refractivity contribution in [1.82, 2.24) is 4.90 Å². The van der Waals surface area contributed by atoms with Crippen molar-refractivity contribution in [3.8, 4) is 0 Å². The van der Waals surface area contributed by atoms with Crippen molar-refractivity contribution in [2.75, 3.05) is 26.8 Å². The Morgan fingerprint density at radius 2 is 1.92 bits per heavy atom. The van der Waals surface area contributed by atoms with Crippen LogP contribution >= 0.6 is 0 Å². The zero-order chi connectivity index (χ0) is 17.2. The molecule has 1 amide bonds. The van der Waals surface area contributed by atoms with Gasteiger partial charge in [-0.3, -0.25) is 4.79 Å². The Bertz CT molecular complexity index is 592. The molecular weight excluding hydrogens is 309 g/mol. The molecule has 4 nitrogen and oxygen atoms in total. The van der Waals surface area contributed by atoms with Crippen LogP contribution in [0.2, 0.25) is 0 Å². The van der Waals surface area contributed by atoms with Crippen LogP contribution in [-0.4, -0.2) is 48.3 Å². The van der Waals surface area contributed by atoms with Gasteiger partial charge >= 0.3 is 0 Å². The van der Waals surface area contributed by atoms with E-state index in [-0.39, 0.29) is 11.7 Å². The van der Waals surface area contributed by atoms with E-state index in [1.807, 2.05) is 6.07 Å². The molecule has 1 saturated carbocycles. The summed E-state index contributed by atoms with van der Waals surface area (Å²) in [6.07, 6.45) is 4.56. The van der Waals surface area contributed by atoms with Crippen molar-refractivity contribution < 1.29 is 19.0 Å². The van der Waals surface area contributed by atoms with Crippen molar-refractivity contribution in [3.63, 3.8) is 0 Å². The van der Waals surface area contributed by atoms with E-state index in [9.17, 15) is 14.3 Å². The summed E-state index contributed by atoms with van der Waals surface area (Å²) < 4.78 is 19.2. The van der Waals surface area contributed by atoms with Gasteiger partial charge in [-0.25, -0.2) is 4.39 Å². The van der Waals surface area contributed by atoms with E-state index in [0.717, 1.165) is 25.7 Å². The molecule has 1 N–H and O–H groups in total. The summed E-state index contributed by atoms with van der Waals surface area (Å²) in [6.45, 7) is 1.31. The van der Waals surface area contributed by atoms with Crippen LogP contribution in [0, 0.1) is 5.82 Å². The number of likely N-dealkylation sites (N-methyl/N-ethyl adjacent to an activating group) is 1. The standard InChI is InChI=1S/C19H26FNO3/c1-21(14-18(23)7-2-3-8-18)17(22)19(9-11-24-12-10-19)15-5-4-6-16(20)13-15/h4-6,13,23H,2-3,7-12,14H2,1H3. The summed E-state index contributed by atoms with van der Waals surface area (Å²) in [5.41, 5.74) is -0.830. The van der Waals surface area contributed by atoms with Crippen molar-refractivity contribution >= 4 is 5.91 Å². The minimum absolute atomic E-state index is 0.0447. The van der Waals surface area contributed by atoms with Crippen LogP contribution in [0.15, 0.2) is 24.3 Å². The van der Waals surface area contributed by atoms with Crippen molar-refractivity contribution in [1.29, 1.82) is 0 Å². The highest BCUT2D eigenvalue weighted by molar-refractivity contribution is 5.88. The lowest BCUT2D eigenvalue weighted by atomic mass is 9.73. The third-order valence-electron chi connectivity index (χ3n) is 5.55.